The fourth-order valence-electron chi connectivity index (χ4n) is 4.62. The van der Waals surface area contributed by atoms with Crippen LogP contribution >= 0.6 is 0 Å². The lowest BCUT2D eigenvalue weighted by Gasteiger charge is -2.32. The minimum atomic E-state index is -2.42. The molecule has 6 N–H and O–H groups in total. The summed E-state index contributed by atoms with van der Waals surface area (Å²) in [7, 11) is 0. The van der Waals surface area contributed by atoms with Crippen molar-refractivity contribution in [3.8, 4) is 0 Å². The molecule has 0 aliphatic heterocycles. The van der Waals surface area contributed by atoms with Gasteiger partial charge in [0.2, 0.25) is 0 Å². The van der Waals surface area contributed by atoms with Gasteiger partial charge in [0.15, 0.2) is 12.2 Å². The van der Waals surface area contributed by atoms with Gasteiger partial charge >= 0.3 is 5.97 Å². The fraction of sp³-hybridized carbons (Fsp3) is 0.906. The van der Waals surface area contributed by atoms with Gasteiger partial charge in [-0.15, -0.1) is 0 Å². The molecule has 0 heterocycles. The predicted molar refractivity (Wildman–Crippen MR) is 167 cm³/mol. The summed E-state index contributed by atoms with van der Waals surface area (Å²) in [5.41, 5.74) is -3.07. The highest BCUT2D eigenvalue weighted by Gasteiger charge is 2.45. The van der Waals surface area contributed by atoms with Crippen LogP contribution in [0.4, 0.5) is 0 Å². The molecule has 0 fully saturated rings. The summed E-state index contributed by atoms with van der Waals surface area (Å²) in [5.74, 6) is -2.38. The van der Waals surface area contributed by atoms with Crippen LogP contribution in [0.2, 0.25) is 0 Å². The number of ether oxygens (including phenoxy) is 1. The molecule has 4 atom stereocenters. The average molecular weight is 602 g/mol. The van der Waals surface area contributed by atoms with E-state index >= 15 is 0 Å². The second kappa shape index (κ2) is 22.7. The van der Waals surface area contributed by atoms with Crippen LogP contribution < -0.4 is 16.0 Å². The summed E-state index contributed by atoms with van der Waals surface area (Å²) in [4.78, 5) is 36.6. The summed E-state index contributed by atoms with van der Waals surface area (Å²) in [5, 5.41) is 38.9. The number of aliphatic hydroxyl groups is 3. The number of rotatable bonds is 25. The van der Waals surface area contributed by atoms with E-state index in [1.807, 2.05) is 0 Å². The Bertz CT molecular complexity index is 740. The molecule has 2 amide bonds. The quantitative estimate of drug-likeness (QED) is 0.0516. The zero-order valence-corrected chi connectivity index (χ0v) is 27.4. The summed E-state index contributed by atoms with van der Waals surface area (Å²) in [6.45, 7) is 10.2. The van der Waals surface area contributed by atoms with E-state index in [0.717, 1.165) is 32.6 Å². The van der Waals surface area contributed by atoms with Crippen LogP contribution in [0.15, 0.2) is 0 Å². The third-order valence-corrected chi connectivity index (χ3v) is 7.26. The van der Waals surface area contributed by atoms with Crippen molar-refractivity contribution in [2.45, 2.75) is 174 Å². The standard InChI is InChI=1S/C32H63N3O7/c1-7-8-9-10-11-12-13-14-15-16-17-18-19-20-21-22-23-33-29(39)27(37)32(6,41)28(38)30(40)35-25(2)34-24-26(36)42-31(3,4)5/h25,27-28,34,37-38,41H,7-24H2,1-6H3,(H,33,39)(H,35,40). The molecule has 0 aromatic rings. The minimum Gasteiger partial charge on any atom is -0.459 e. The van der Waals surface area contributed by atoms with E-state index in [1.54, 1.807) is 20.8 Å². The first-order valence-corrected chi connectivity index (χ1v) is 16.3. The molecule has 0 aliphatic rings. The number of amides is 2. The van der Waals surface area contributed by atoms with Gasteiger partial charge in [-0.25, -0.2) is 0 Å². The Morgan fingerprint density at radius 3 is 1.52 bits per heavy atom. The lowest BCUT2D eigenvalue weighted by atomic mass is 9.91. The molecule has 0 bridgehead atoms. The van der Waals surface area contributed by atoms with Crippen LogP contribution in [-0.2, 0) is 19.1 Å². The van der Waals surface area contributed by atoms with Crippen molar-refractivity contribution in [2.75, 3.05) is 13.1 Å². The van der Waals surface area contributed by atoms with Crippen LogP contribution in [0.5, 0.6) is 0 Å². The third kappa shape index (κ3) is 20.2. The number of carbonyl (C=O) groups excluding carboxylic acids is 3. The number of nitrogens with one attached hydrogen (secondary N) is 3. The van der Waals surface area contributed by atoms with Crippen molar-refractivity contribution in [1.29, 1.82) is 0 Å². The molecule has 0 spiro atoms. The van der Waals surface area contributed by atoms with Gasteiger partial charge in [0.1, 0.15) is 11.2 Å². The smallest absolute Gasteiger partial charge is 0.320 e. The Morgan fingerprint density at radius 1 is 0.690 bits per heavy atom. The highest BCUT2D eigenvalue weighted by atomic mass is 16.6. The van der Waals surface area contributed by atoms with Gasteiger partial charge in [-0.2, -0.15) is 0 Å². The van der Waals surface area contributed by atoms with Crippen molar-refractivity contribution < 1.29 is 34.4 Å². The van der Waals surface area contributed by atoms with Gasteiger partial charge in [0, 0.05) is 6.54 Å². The molecule has 10 nitrogen and oxygen atoms in total. The molecule has 42 heavy (non-hydrogen) atoms. The van der Waals surface area contributed by atoms with Crippen molar-refractivity contribution in [3.05, 3.63) is 0 Å². The highest BCUT2D eigenvalue weighted by molar-refractivity contribution is 5.86. The molecule has 0 aromatic carbocycles. The Kier molecular flexibility index (Phi) is 21.8. The van der Waals surface area contributed by atoms with Gasteiger partial charge in [-0.3, -0.25) is 19.7 Å². The Morgan fingerprint density at radius 2 is 1.10 bits per heavy atom. The lowest BCUT2D eigenvalue weighted by molar-refractivity contribution is -0.170. The van der Waals surface area contributed by atoms with E-state index in [9.17, 15) is 29.7 Å². The molecule has 0 radical (unpaired) electrons. The molecule has 0 saturated carbocycles. The maximum atomic E-state index is 12.4. The molecule has 248 valence electrons. The van der Waals surface area contributed by atoms with Gasteiger partial charge < -0.3 is 30.7 Å². The molecule has 0 rings (SSSR count). The number of aliphatic hydroxyl groups excluding tert-OH is 2. The number of unbranched alkanes of at least 4 members (excludes halogenated alkanes) is 15. The van der Waals surface area contributed by atoms with Crippen LogP contribution in [0.1, 0.15) is 144 Å². The van der Waals surface area contributed by atoms with E-state index in [0.29, 0.717) is 6.54 Å². The Hall–Kier alpha value is -1.75. The predicted octanol–water partition coefficient (Wildman–Crippen LogP) is 4.23. The molecular formula is C32H63N3O7. The normalized spacial score (nSPS) is 15.4. The topological polar surface area (TPSA) is 157 Å². The Balaban J connectivity index is 4.02. The lowest BCUT2D eigenvalue weighted by Crippen LogP contribution is -2.62. The van der Waals surface area contributed by atoms with Crippen molar-refractivity contribution in [2.24, 2.45) is 0 Å². The molecule has 4 unspecified atom stereocenters. The third-order valence-electron chi connectivity index (χ3n) is 7.26. The number of hydrogen-bond donors (Lipinski definition) is 6. The zero-order chi connectivity index (χ0) is 32.0. The largest absolute Gasteiger partial charge is 0.459 e. The van der Waals surface area contributed by atoms with E-state index in [-0.39, 0.29) is 6.54 Å². The zero-order valence-electron chi connectivity index (χ0n) is 27.4. The van der Waals surface area contributed by atoms with E-state index in [2.05, 4.69) is 22.9 Å². The summed E-state index contributed by atoms with van der Waals surface area (Å²) in [6.07, 6.45) is 15.1. The fourth-order valence-corrected chi connectivity index (χ4v) is 4.62. The first-order valence-electron chi connectivity index (χ1n) is 16.3. The SMILES string of the molecule is CCCCCCCCCCCCCCCCCCNC(=O)C(O)C(C)(O)C(O)C(=O)NC(C)NCC(=O)OC(C)(C)C. The van der Waals surface area contributed by atoms with Gasteiger partial charge in [-0.05, 0) is 41.0 Å². The summed E-state index contributed by atoms with van der Waals surface area (Å²) >= 11 is 0. The summed E-state index contributed by atoms with van der Waals surface area (Å²) in [6, 6.07) is 0. The monoisotopic (exact) mass is 601 g/mol. The van der Waals surface area contributed by atoms with Crippen LogP contribution in [0.3, 0.4) is 0 Å². The number of hydrogen-bond acceptors (Lipinski definition) is 8. The molecule has 0 aliphatic carbocycles. The van der Waals surface area contributed by atoms with Gasteiger partial charge in [0.05, 0.1) is 12.7 Å². The van der Waals surface area contributed by atoms with E-state index < -0.39 is 47.4 Å². The molecule has 10 heteroatoms. The first-order chi connectivity index (χ1) is 19.7. The average Bonchev–Trinajstić information content (AvgIpc) is 2.91. The van der Waals surface area contributed by atoms with E-state index in [4.69, 9.17) is 4.74 Å². The van der Waals surface area contributed by atoms with Crippen molar-refractivity contribution in [1.82, 2.24) is 16.0 Å². The van der Waals surface area contributed by atoms with E-state index in [1.165, 1.54) is 84.0 Å². The second-order valence-corrected chi connectivity index (χ2v) is 12.8. The minimum absolute atomic E-state index is 0.185. The maximum Gasteiger partial charge on any atom is 0.320 e. The van der Waals surface area contributed by atoms with Crippen LogP contribution in [0.25, 0.3) is 0 Å². The molecular weight excluding hydrogens is 538 g/mol. The first kappa shape index (κ1) is 40.2. The van der Waals surface area contributed by atoms with Gasteiger partial charge in [-0.1, -0.05) is 103 Å². The van der Waals surface area contributed by atoms with Gasteiger partial charge in [0.25, 0.3) is 11.8 Å². The number of esters is 1. The van der Waals surface area contributed by atoms with Crippen molar-refractivity contribution in [3.63, 3.8) is 0 Å². The Labute approximate surface area is 255 Å². The highest BCUT2D eigenvalue weighted by Crippen LogP contribution is 2.17. The maximum absolute atomic E-state index is 12.4. The molecule has 0 saturated heterocycles. The van der Waals surface area contributed by atoms with Crippen LogP contribution in [0, 0.1) is 0 Å². The number of carbonyl (C=O) groups is 3. The van der Waals surface area contributed by atoms with Crippen LogP contribution in [-0.4, -0.2) is 75.8 Å². The van der Waals surface area contributed by atoms with Crippen molar-refractivity contribution >= 4 is 17.8 Å². The summed E-state index contributed by atoms with van der Waals surface area (Å²) < 4.78 is 5.17. The molecule has 0 aromatic heterocycles. The second-order valence-electron chi connectivity index (χ2n) is 12.8.